The molecule has 0 fully saturated rings. The summed E-state index contributed by atoms with van der Waals surface area (Å²) in [4.78, 5) is 12.2. The summed E-state index contributed by atoms with van der Waals surface area (Å²) in [6.45, 7) is 5.81. The number of aryl methyl sites for hydroxylation is 1. The van der Waals surface area contributed by atoms with E-state index in [0.717, 1.165) is 24.1 Å². The summed E-state index contributed by atoms with van der Waals surface area (Å²) in [6.07, 6.45) is 1.74. The summed E-state index contributed by atoms with van der Waals surface area (Å²) in [5, 5.41) is 10.5. The Bertz CT molecular complexity index is 708. The zero-order valence-corrected chi connectivity index (χ0v) is 14.9. The minimum Gasteiger partial charge on any atom is -0.497 e. The number of hydrogen-bond donors (Lipinski definition) is 2. The molecule has 0 bridgehead atoms. The summed E-state index contributed by atoms with van der Waals surface area (Å²) < 4.78 is 10.8. The fourth-order valence-corrected chi connectivity index (χ4v) is 2.41. The van der Waals surface area contributed by atoms with Crippen LogP contribution in [0.3, 0.4) is 0 Å². The molecule has 1 heterocycles. The third kappa shape index (κ3) is 3.69. The van der Waals surface area contributed by atoms with Crippen LogP contribution in [0.25, 0.3) is 11.3 Å². The Balaban J connectivity index is 2.55. The Hall–Kier alpha value is -2.50. The van der Waals surface area contributed by atoms with Crippen molar-refractivity contribution in [2.75, 3.05) is 19.5 Å². The highest BCUT2D eigenvalue weighted by atomic mass is 16.5. The van der Waals surface area contributed by atoms with E-state index in [1.54, 1.807) is 14.2 Å². The highest BCUT2D eigenvalue weighted by Crippen LogP contribution is 2.38. The van der Waals surface area contributed by atoms with Gasteiger partial charge in [-0.1, -0.05) is 27.2 Å². The van der Waals surface area contributed by atoms with Crippen molar-refractivity contribution in [1.82, 2.24) is 10.2 Å². The molecule has 1 aromatic carbocycles. The van der Waals surface area contributed by atoms with E-state index in [2.05, 4.69) is 22.4 Å². The lowest BCUT2D eigenvalue weighted by Crippen LogP contribution is -2.18. The van der Waals surface area contributed by atoms with Crippen LogP contribution >= 0.6 is 0 Å². The lowest BCUT2D eigenvalue weighted by molar-refractivity contribution is -0.118. The van der Waals surface area contributed by atoms with Crippen LogP contribution in [0.2, 0.25) is 0 Å². The fourth-order valence-electron chi connectivity index (χ4n) is 2.41. The maximum absolute atomic E-state index is 12.2. The summed E-state index contributed by atoms with van der Waals surface area (Å²) in [6, 6.07) is 5.51. The molecule has 6 nitrogen and oxygen atoms in total. The van der Waals surface area contributed by atoms with Crippen molar-refractivity contribution in [2.24, 2.45) is 5.92 Å². The molecule has 0 saturated carbocycles. The number of aromatic amines is 1. The van der Waals surface area contributed by atoms with Crippen LogP contribution in [0.15, 0.2) is 18.2 Å². The van der Waals surface area contributed by atoms with Crippen LogP contribution in [0, 0.1) is 5.92 Å². The highest BCUT2D eigenvalue weighted by molar-refractivity contribution is 5.97. The lowest BCUT2D eigenvalue weighted by Gasteiger charge is -2.13. The number of rotatable bonds is 7. The summed E-state index contributed by atoms with van der Waals surface area (Å²) in [5.74, 6) is 1.21. The van der Waals surface area contributed by atoms with Crippen molar-refractivity contribution in [2.45, 2.75) is 33.6 Å². The molecular weight excluding hydrogens is 306 g/mol. The monoisotopic (exact) mass is 331 g/mol. The number of methoxy groups -OCH3 is 2. The maximum Gasteiger partial charge on any atom is 0.227 e. The molecule has 24 heavy (non-hydrogen) atoms. The van der Waals surface area contributed by atoms with Gasteiger partial charge in [-0.15, -0.1) is 0 Å². The number of carbonyl (C=O) groups excluding carboxylic acids is 1. The zero-order valence-electron chi connectivity index (χ0n) is 14.9. The smallest absolute Gasteiger partial charge is 0.227 e. The number of aromatic nitrogens is 2. The second kappa shape index (κ2) is 7.86. The van der Waals surface area contributed by atoms with Crippen LogP contribution in [0.5, 0.6) is 11.5 Å². The van der Waals surface area contributed by atoms with E-state index in [9.17, 15) is 4.79 Å². The normalized spacial score (nSPS) is 10.8. The van der Waals surface area contributed by atoms with Gasteiger partial charge in [0.15, 0.2) is 0 Å². The van der Waals surface area contributed by atoms with E-state index in [0.29, 0.717) is 22.9 Å². The molecule has 2 rings (SSSR count). The van der Waals surface area contributed by atoms with Crippen molar-refractivity contribution in [3.05, 3.63) is 23.9 Å². The molecule has 0 spiro atoms. The average Bonchev–Trinajstić information content (AvgIpc) is 2.97. The van der Waals surface area contributed by atoms with Gasteiger partial charge in [-0.25, -0.2) is 0 Å². The van der Waals surface area contributed by atoms with Crippen molar-refractivity contribution < 1.29 is 14.3 Å². The molecule has 0 aliphatic carbocycles. The van der Waals surface area contributed by atoms with E-state index in [4.69, 9.17) is 9.47 Å². The molecule has 0 aliphatic rings. The number of ether oxygens (including phenoxy) is 2. The molecule has 130 valence electrons. The number of nitrogens with one attached hydrogen (secondary N) is 2. The van der Waals surface area contributed by atoms with Crippen LogP contribution in [0.1, 0.15) is 32.9 Å². The number of hydrogen-bond acceptors (Lipinski definition) is 4. The van der Waals surface area contributed by atoms with E-state index in [1.165, 1.54) is 0 Å². The summed E-state index contributed by atoms with van der Waals surface area (Å²) >= 11 is 0. The molecule has 2 aromatic rings. The van der Waals surface area contributed by atoms with Crippen molar-refractivity contribution >= 4 is 11.6 Å². The molecule has 0 unspecified atom stereocenters. The van der Waals surface area contributed by atoms with Gasteiger partial charge in [0, 0.05) is 11.5 Å². The first-order valence-electron chi connectivity index (χ1n) is 8.12. The van der Waals surface area contributed by atoms with Gasteiger partial charge in [0.05, 0.1) is 25.6 Å². The first kappa shape index (κ1) is 17.8. The van der Waals surface area contributed by atoms with Crippen molar-refractivity contribution in [3.8, 4) is 22.8 Å². The quantitative estimate of drug-likeness (QED) is 0.812. The van der Waals surface area contributed by atoms with E-state index in [1.807, 2.05) is 32.0 Å². The molecule has 1 aromatic heterocycles. The second-order valence-electron chi connectivity index (χ2n) is 5.89. The Morgan fingerprint density at radius 2 is 2.04 bits per heavy atom. The first-order chi connectivity index (χ1) is 11.5. The van der Waals surface area contributed by atoms with Gasteiger partial charge < -0.3 is 14.8 Å². The molecule has 2 N–H and O–H groups in total. The minimum absolute atomic E-state index is 0.0446. The number of carbonyl (C=O) groups is 1. The van der Waals surface area contributed by atoms with Crippen molar-refractivity contribution in [1.29, 1.82) is 0 Å². The standard InChI is InChI=1S/C18H25N3O3/c1-6-7-14-17(19-18(22)11(2)3)16(21-20-14)13-10-12(23-4)8-9-15(13)24-5/h8-11H,6-7H2,1-5H3,(H,19,22)(H,20,21). The van der Waals surface area contributed by atoms with Gasteiger partial charge in [-0.2, -0.15) is 5.10 Å². The third-order valence-electron chi connectivity index (χ3n) is 3.78. The van der Waals surface area contributed by atoms with Crippen LogP contribution in [-0.2, 0) is 11.2 Å². The van der Waals surface area contributed by atoms with E-state index in [-0.39, 0.29) is 11.8 Å². The van der Waals surface area contributed by atoms with Crippen molar-refractivity contribution in [3.63, 3.8) is 0 Å². The van der Waals surface area contributed by atoms with Crippen LogP contribution < -0.4 is 14.8 Å². The molecule has 1 amide bonds. The van der Waals surface area contributed by atoms with Gasteiger partial charge in [-0.05, 0) is 24.6 Å². The third-order valence-corrected chi connectivity index (χ3v) is 3.78. The molecule has 0 radical (unpaired) electrons. The highest BCUT2D eigenvalue weighted by Gasteiger charge is 2.21. The lowest BCUT2D eigenvalue weighted by atomic mass is 10.1. The number of H-pyrrole nitrogens is 1. The predicted octanol–water partition coefficient (Wildman–Crippen LogP) is 3.64. The summed E-state index contributed by atoms with van der Waals surface area (Å²) in [5.41, 5.74) is 3.05. The van der Waals surface area contributed by atoms with Gasteiger partial charge in [0.25, 0.3) is 0 Å². The van der Waals surface area contributed by atoms with E-state index >= 15 is 0 Å². The molecule has 6 heteroatoms. The molecule has 0 saturated heterocycles. The number of anilines is 1. The Morgan fingerprint density at radius 1 is 1.29 bits per heavy atom. The number of benzene rings is 1. The van der Waals surface area contributed by atoms with E-state index < -0.39 is 0 Å². The topological polar surface area (TPSA) is 76.2 Å². The SMILES string of the molecule is CCCc1[nH]nc(-c2cc(OC)ccc2OC)c1NC(=O)C(C)C. The Labute approximate surface area is 142 Å². The average molecular weight is 331 g/mol. The van der Waals surface area contributed by atoms with Gasteiger partial charge in [0.2, 0.25) is 5.91 Å². The Kier molecular flexibility index (Phi) is 5.84. The summed E-state index contributed by atoms with van der Waals surface area (Å²) in [7, 11) is 3.22. The fraction of sp³-hybridized carbons (Fsp3) is 0.444. The Morgan fingerprint density at radius 3 is 2.62 bits per heavy atom. The minimum atomic E-state index is -0.116. The zero-order chi connectivity index (χ0) is 17.7. The second-order valence-corrected chi connectivity index (χ2v) is 5.89. The van der Waals surface area contributed by atoms with Crippen LogP contribution in [0.4, 0.5) is 5.69 Å². The van der Waals surface area contributed by atoms with Gasteiger partial charge in [0.1, 0.15) is 17.2 Å². The predicted molar refractivity (Wildman–Crippen MR) is 94.6 cm³/mol. The molecular formula is C18H25N3O3. The first-order valence-corrected chi connectivity index (χ1v) is 8.12. The molecule has 0 aliphatic heterocycles. The van der Waals surface area contributed by atoms with Gasteiger partial charge >= 0.3 is 0 Å². The maximum atomic E-state index is 12.2. The van der Waals surface area contributed by atoms with Gasteiger partial charge in [-0.3, -0.25) is 9.89 Å². The molecule has 0 atom stereocenters. The largest absolute Gasteiger partial charge is 0.497 e. The van der Waals surface area contributed by atoms with Crippen LogP contribution in [-0.4, -0.2) is 30.3 Å². The number of amides is 1. The number of nitrogens with zero attached hydrogens (tertiary/aromatic N) is 1.